The molecule has 368 valence electrons. The van der Waals surface area contributed by atoms with E-state index in [9.17, 15) is 43.8 Å². The number of ether oxygens (including phenoxy) is 3. The fraction of sp³-hybridized carbons (Fsp3) is 0.549. The van der Waals surface area contributed by atoms with Crippen molar-refractivity contribution in [3.05, 3.63) is 83.5 Å². The Bertz CT molecular complexity index is 2490. The number of rotatable bonds is 17. The van der Waals surface area contributed by atoms with Crippen LogP contribution < -0.4 is 21.3 Å². The molecule has 10 atom stereocenters. The molecule has 2 bridgehead atoms. The second-order valence-corrected chi connectivity index (χ2v) is 21.5. The molecule has 69 heavy (non-hydrogen) atoms. The lowest BCUT2D eigenvalue weighted by Crippen LogP contribution is -2.69. The monoisotopic (exact) mass is 1010 g/mol. The van der Waals surface area contributed by atoms with E-state index in [2.05, 4.69) is 51.0 Å². The minimum Gasteiger partial charge on any atom is -0.481 e. The van der Waals surface area contributed by atoms with Crippen molar-refractivity contribution in [1.82, 2.24) is 10.6 Å². The number of allylic oxidation sites excluding steroid dienone is 4. The van der Waals surface area contributed by atoms with Crippen LogP contribution in [0.25, 0.3) is 0 Å². The predicted molar refractivity (Wildman–Crippen MR) is 251 cm³/mol. The maximum absolute atomic E-state index is 14.1. The zero-order valence-electron chi connectivity index (χ0n) is 38.6. The summed E-state index contributed by atoms with van der Waals surface area (Å²) in [5.74, 6) is -3.28. The molecule has 18 heteroatoms. The SMILES string of the molecule is C[C@]12C=CC(=O)C=C1CC[C@@H]1[C@@H]2[C@@H](O)C[C@@]2(C)[C@H]1C[C@H]1O[C@@H](C34CC(Cc5cccc(NC(=O)OCc6ccc(NC(=O)[C@H](CCC(=O)O)NC(=O)CNC(=O)CBr)cc6)c5)(C3)C4)O[C@]12C(=O)CO. The highest BCUT2D eigenvalue weighted by molar-refractivity contribution is 9.09. The zero-order valence-corrected chi connectivity index (χ0v) is 40.2. The molecule has 0 unspecified atom stereocenters. The number of carboxylic acid groups (broad SMARTS) is 1. The molecule has 2 aromatic carbocycles. The van der Waals surface area contributed by atoms with Crippen molar-refractivity contribution in [2.45, 2.75) is 115 Å². The summed E-state index contributed by atoms with van der Waals surface area (Å²) in [6, 6.07) is 12.9. The predicted octanol–water partition coefficient (Wildman–Crippen LogP) is 4.88. The number of halogens is 1. The average Bonchev–Trinajstić information content (AvgIpc) is 3.79. The van der Waals surface area contributed by atoms with E-state index in [1.54, 1.807) is 42.5 Å². The van der Waals surface area contributed by atoms with Gasteiger partial charge in [0, 0.05) is 40.0 Å². The van der Waals surface area contributed by atoms with Crippen LogP contribution in [0.5, 0.6) is 0 Å². The number of carboxylic acids is 1. The van der Waals surface area contributed by atoms with Gasteiger partial charge in [-0.3, -0.25) is 34.1 Å². The first-order valence-corrected chi connectivity index (χ1v) is 24.8. The standard InChI is InChI=1S/C51H59BrN4O13/c1-47-15-14-33(58)17-30(47)8-11-34-35-18-39-51(38(60)23-57,48(35,2)20-37(59)43(34)47)69-45(68-39)50-25-49(26-50,27-50)19-29-4-3-5-32(16-29)55-46(66)67-24-28-6-9-31(10-7-28)54-44(65)36(12-13-42(63)64)56-41(62)22-53-40(61)21-52/h3-7,9-10,14-17,34-37,39,43,45,57,59H,8,11-13,18-27H2,1-2H3,(H,53,61)(H,54,65)(H,55,66)(H,56,62)(H,63,64)/t34-,35-,36-,37-,39+,43+,45+,47-,48-,49?,50?,51+/m0/s1. The van der Waals surface area contributed by atoms with Crippen molar-refractivity contribution >= 4 is 68.7 Å². The highest BCUT2D eigenvalue weighted by atomic mass is 79.9. The smallest absolute Gasteiger partial charge is 0.411 e. The van der Waals surface area contributed by atoms with Crippen LogP contribution in [0.4, 0.5) is 16.2 Å². The van der Waals surface area contributed by atoms with E-state index >= 15 is 0 Å². The van der Waals surface area contributed by atoms with Gasteiger partial charge in [-0.05, 0) is 123 Å². The van der Waals surface area contributed by atoms with Gasteiger partial charge < -0.3 is 45.5 Å². The Hall–Kier alpha value is -5.27. The molecule has 10 rings (SSSR count). The molecule has 17 nitrogen and oxygen atoms in total. The van der Waals surface area contributed by atoms with Crippen molar-refractivity contribution in [1.29, 1.82) is 0 Å². The molecule has 4 amide bonds. The van der Waals surface area contributed by atoms with E-state index in [1.807, 2.05) is 24.3 Å². The van der Waals surface area contributed by atoms with Gasteiger partial charge in [0.25, 0.3) is 0 Å². The maximum atomic E-state index is 14.1. The first-order chi connectivity index (χ1) is 32.8. The fourth-order valence-corrected chi connectivity index (χ4v) is 14.1. The van der Waals surface area contributed by atoms with Crippen molar-refractivity contribution in [3.8, 4) is 0 Å². The number of hydrogen-bond donors (Lipinski definition) is 7. The molecule has 1 heterocycles. The number of hydrogen-bond acceptors (Lipinski definition) is 12. The lowest BCUT2D eigenvalue weighted by Gasteiger charge is -2.72. The molecular formula is C51H59BrN4O13. The van der Waals surface area contributed by atoms with Crippen molar-refractivity contribution in [2.24, 2.45) is 39.4 Å². The van der Waals surface area contributed by atoms with Crippen LogP contribution in [-0.2, 0) is 56.0 Å². The molecule has 0 spiro atoms. The summed E-state index contributed by atoms with van der Waals surface area (Å²) < 4.78 is 19.3. The normalized spacial score (nSPS) is 34.7. The third kappa shape index (κ3) is 8.74. The lowest BCUT2D eigenvalue weighted by atomic mass is 9.33. The maximum Gasteiger partial charge on any atom is 0.411 e. The van der Waals surface area contributed by atoms with Gasteiger partial charge in [0.15, 0.2) is 23.5 Å². The Morgan fingerprint density at radius 2 is 1.72 bits per heavy atom. The van der Waals surface area contributed by atoms with Gasteiger partial charge in [0.1, 0.15) is 19.3 Å². The Balaban J connectivity index is 0.764. The Labute approximate surface area is 407 Å². The molecule has 1 saturated heterocycles. The van der Waals surface area contributed by atoms with Gasteiger partial charge in [0.2, 0.25) is 17.7 Å². The van der Waals surface area contributed by atoms with Crippen LogP contribution in [0.3, 0.4) is 0 Å². The first kappa shape index (κ1) is 48.7. The summed E-state index contributed by atoms with van der Waals surface area (Å²) in [7, 11) is 0. The number of fused-ring (bicyclic) bond motifs is 7. The Kier molecular flexibility index (Phi) is 13.1. The van der Waals surface area contributed by atoms with E-state index < -0.39 is 77.4 Å². The van der Waals surface area contributed by atoms with E-state index in [-0.39, 0.29) is 71.5 Å². The topological polar surface area (TPSA) is 256 Å². The number of aliphatic hydroxyl groups excluding tert-OH is 2. The van der Waals surface area contributed by atoms with Crippen molar-refractivity contribution < 1.29 is 63.1 Å². The summed E-state index contributed by atoms with van der Waals surface area (Å²) in [5, 5.41) is 41.8. The molecule has 8 aliphatic rings. The molecule has 1 aliphatic heterocycles. The van der Waals surface area contributed by atoms with Gasteiger partial charge in [-0.15, -0.1) is 0 Å². The molecule has 7 N–H and O–H groups in total. The van der Waals surface area contributed by atoms with Gasteiger partial charge in [-0.25, -0.2) is 4.79 Å². The highest BCUT2D eigenvalue weighted by Gasteiger charge is 2.80. The van der Waals surface area contributed by atoms with Gasteiger partial charge >= 0.3 is 12.1 Å². The number of anilines is 2. The van der Waals surface area contributed by atoms with Gasteiger partial charge in [-0.1, -0.05) is 65.7 Å². The third-order valence-electron chi connectivity index (χ3n) is 16.7. The van der Waals surface area contributed by atoms with Gasteiger partial charge in [-0.2, -0.15) is 0 Å². The number of Topliss-reactive ketones (excluding diaryl/α,β-unsaturated/α-hetero) is 1. The van der Waals surface area contributed by atoms with Crippen molar-refractivity contribution in [2.75, 3.05) is 29.1 Å². The van der Waals surface area contributed by atoms with Crippen LogP contribution in [0, 0.1) is 39.4 Å². The number of carbonyl (C=O) groups excluding carboxylic acids is 6. The molecule has 7 fully saturated rings. The van der Waals surface area contributed by atoms with Crippen LogP contribution in [0.15, 0.2) is 72.3 Å². The summed E-state index contributed by atoms with van der Waals surface area (Å²) >= 11 is 2.98. The highest BCUT2D eigenvalue weighted by Crippen LogP contribution is 2.79. The van der Waals surface area contributed by atoms with Crippen molar-refractivity contribution in [3.63, 3.8) is 0 Å². The van der Waals surface area contributed by atoms with E-state index in [1.165, 1.54) is 0 Å². The van der Waals surface area contributed by atoms with E-state index in [0.29, 0.717) is 29.8 Å². The summed E-state index contributed by atoms with van der Waals surface area (Å²) in [4.78, 5) is 87.2. The second kappa shape index (κ2) is 18.5. The number of alkyl halides is 1. The number of nitrogens with one attached hydrogen (secondary N) is 4. The molecular weight excluding hydrogens is 956 g/mol. The van der Waals surface area contributed by atoms with E-state index in [0.717, 1.165) is 49.7 Å². The average molecular weight is 1020 g/mol. The summed E-state index contributed by atoms with van der Waals surface area (Å²) in [5.41, 5.74) is 0.841. The molecule has 0 aromatic heterocycles. The number of benzene rings is 2. The minimum absolute atomic E-state index is 0.00952. The number of aliphatic carboxylic acids is 1. The number of aliphatic hydroxyl groups is 2. The number of carbonyl (C=O) groups is 7. The number of amides is 4. The summed E-state index contributed by atoms with van der Waals surface area (Å²) in [6.45, 7) is 3.05. The largest absolute Gasteiger partial charge is 0.481 e. The lowest BCUT2D eigenvalue weighted by molar-refractivity contribution is -0.323. The molecule has 7 aliphatic carbocycles. The van der Waals surface area contributed by atoms with Gasteiger partial charge in [0.05, 0.1) is 24.1 Å². The quantitative estimate of drug-likeness (QED) is 0.105. The van der Waals surface area contributed by atoms with E-state index in [4.69, 9.17) is 19.3 Å². The fourth-order valence-electron chi connectivity index (χ4n) is 13.9. The zero-order chi connectivity index (χ0) is 49.1. The van der Waals surface area contributed by atoms with Crippen LogP contribution in [0.1, 0.15) is 82.8 Å². The Morgan fingerprint density at radius 3 is 2.43 bits per heavy atom. The minimum atomic E-state index is -1.37. The molecule has 6 saturated carbocycles. The van der Waals surface area contributed by atoms with Crippen LogP contribution in [-0.4, -0.2) is 105 Å². The first-order valence-electron chi connectivity index (χ1n) is 23.7. The Morgan fingerprint density at radius 1 is 0.971 bits per heavy atom. The third-order valence-corrected chi connectivity index (χ3v) is 17.2. The second-order valence-electron chi connectivity index (χ2n) is 21.0. The molecule has 0 radical (unpaired) electrons. The van der Waals surface area contributed by atoms with Crippen LogP contribution >= 0.6 is 15.9 Å². The summed E-state index contributed by atoms with van der Waals surface area (Å²) in [6.07, 6.45) is 7.99. The number of ketones is 2. The van der Waals surface area contributed by atoms with Crippen LogP contribution in [0.2, 0.25) is 0 Å². The molecule has 2 aromatic rings.